The Morgan fingerprint density at radius 3 is 1.86 bits per heavy atom. The monoisotopic (exact) mass is 405 g/mol. The van der Waals surface area contributed by atoms with Gasteiger partial charge >= 0.3 is 11.3 Å². The first-order valence-electron chi connectivity index (χ1n) is 8.40. The predicted octanol–water partition coefficient (Wildman–Crippen LogP) is 3.01. The molecule has 0 unspecified atom stereocenters. The van der Waals surface area contributed by atoms with Gasteiger partial charge in [0.1, 0.15) is 23.0 Å². The molecule has 0 aliphatic heterocycles. The van der Waals surface area contributed by atoms with Gasteiger partial charge in [0.05, 0.1) is 11.1 Å². The maximum Gasteiger partial charge on any atom is 0.342 e. The Labute approximate surface area is 166 Å². The van der Waals surface area contributed by atoms with Crippen molar-refractivity contribution in [3.05, 3.63) is 85.7 Å². The third-order valence-corrected chi connectivity index (χ3v) is 4.36. The van der Waals surface area contributed by atoms with Crippen molar-refractivity contribution in [2.24, 2.45) is 0 Å². The molecular weight excluding hydrogens is 386 g/mol. The summed E-state index contributed by atoms with van der Waals surface area (Å²) in [5.74, 6) is -0.144. The zero-order valence-electron chi connectivity index (χ0n) is 15.3. The van der Waals surface area contributed by atoms with E-state index >= 15 is 0 Å². The highest BCUT2D eigenvalue weighted by Crippen LogP contribution is 2.29. The van der Waals surface area contributed by atoms with E-state index < -0.39 is 17.2 Å². The lowest BCUT2D eigenvalue weighted by Gasteiger charge is -2.17. The maximum atomic E-state index is 12.2. The molecular formula is C20H20ClNO6. The summed E-state index contributed by atoms with van der Waals surface area (Å²) in [7, 11) is 0. The van der Waals surface area contributed by atoms with Gasteiger partial charge in [-0.05, 0) is 44.2 Å². The van der Waals surface area contributed by atoms with Crippen LogP contribution in [0.5, 0.6) is 11.5 Å². The van der Waals surface area contributed by atoms with Gasteiger partial charge in [-0.1, -0.05) is 6.07 Å². The van der Waals surface area contributed by atoms with E-state index in [1.165, 1.54) is 12.1 Å². The van der Waals surface area contributed by atoms with E-state index in [2.05, 4.69) is 4.98 Å². The van der Waals surface area contributed by atoms with Crippen LogP contribution in [0.25, 0.3) is 0 Å². The third kappa shape index (κ3) is 4.61. The molecule has 3 rings (SSSR count). The molecule has 0 atom stereocenters. The van der Waals surface area contributed by atoms with Crippen molar-refractivity contribution in [3.63, 3.8) is 0 Å². The number of rotatable bonds is 5. The Balaban J connectivity index is 0.00000280. The minimum absolute atomic E-state index is 0. The largest absolute Gasteiger partial charge is 0.507 e. The Kier molecular flexibility index (Phi) is 6.64. The fourth-order valence-electron chi connectivity index (χ4n) is 3.04. The Hall–Kier alpha value is -3.06. The number of aryl methyl sites for hydroxylation is 2. The van der Waals surface area contributed by atoms with E-state index in [0.717, 1.165) is 5.56 Å². The van der Waals surface area contributed by atoms with Crippen molar-refractivity contribution in [1.82, 2.24) is 4.98 Å². The van der Waals surface area contributed by atoms with Crippen LogP contribution in [0.1, 0.15) is 34.1 Å². The minimum atomic E-state index is -0.637. The van der Waals surface area contributed by atoms with Gasteiger partial charge in [-0.15, -0.1) is 12.4 Å². The molecule has 0 aliphatic rings. The normalized spacial score (nSPS) is 10.7. The van der Waals surface area contributed by atoms with Crippen LogP contribution in [0.3, 0.4) is 0 Å². The molecule has 8 heteroatoms. The Morgan fingerprint density at radius 2 is 1.46 bits per heavy atom. The summed E-state index contributed by atoms with van der Waals surface area (Å²) in [4.78, 5) is 28.5. The number of nitrogens with zero attached hydrogens (tertiary/aromatic N) is 1. The molecule has 7 nitrogen and oxygen atoms in total. The van der Waals surface area contributed by atoms with E-state index in [1.54, 1.807) is 38.4 Å². The molecule has 0 saturated heterocycles. The molecule has 0 bridgehead atoms. The smallest absolute Gasteiger partial charge is 0.342 e. The van der Waals surface area contributed by atoms with Gasteiger partial charge in [0.15, 0.2) is 0 Å². The van der Waals surface area contributed by atoms with Gasteiger partial charge in [0, 0.05) is 24.5 Å². The topological polar surface area (TPSA) is 114 Å². The average Bonchev–Trinajstić information content (AvgIpc) is 2.59. The quantitative estimate of drug-likeness (QED) is 0.670. The summed E-state index contributed by atoms with van der Waals surface area (Å²) in [5.41, 5.74) is -0.324. The predicted molar refractivity (Wildman–Crippen MR) is 104 cm³/mol. The fraction of sp³-hybridized carbons (Fsp3) is 0.250. The van der Waals surface area contributed by atoms with Crippen molar-refractivity contribution in [2.45, 2.75) is 32.6 Å². The molecule has 0 aliphatic carbocycles. The summed E-state index contributed by atoms with van der Waals surface area (Å²) >= 11 is 0. The highest BCUT2D eigenvalue weighted by Gasteiger charge is 2.22. The summed E-state index contributed by atoms with van der Waals surface area (Å²) in [6, 6.07) is 6.28. The molecule has 148 valence electrons. The van der Waals surface area contributed by atoms with Gasteiger partial charge in [-0.2, -0.15) is 0 Å². The summed E-state index contributed by atoms with van der Waals surface area (Å²) in [5, 5.41) is 20.3. The molecule has 3 aromatic rings. The number of halogens is 1. The molecule has 0 saturated carbocycles. The van der Waals surface area contributed by atoms with Crippen LogP contribution in [0.15, 0.2) is 55.1 Å². The highest BCUT2D eigenvalue weighted by atomic mass is 35.5. The van der Waals surface area contributed by atoms with Crippen LogP contribution < -0.4 is 11.3 Å². The summed E-state index contributed by atoms with van der Waals surface area (Å²) in [6.07, 6.45) is 3.43. The maximum absolute atomic E-state index is 12.2. The molecule has 0 aromatic carbocycles. The van der Waals surface area contributed by atoms with Crippen LogP contribution in [-0.4, -0.2) is 15.2 Å². The minimum Gasteiger partial charge on any atom is -0.507 e. The van der Waals surface area contributed by atoms with Crippen molar-refractivity contribution in [3.8, 4) is 11.5 Å². The molecule has 0 amide bonds. The van der Waals surface area contributed by atoms with E-state index in [0.29, 0.717) is 11.5 Å². The van der Waals surface area contributed by atoms with Gasteiger partial charge in [0.25, 0.3) is 0 Å². The molecule has 3 heterocycles. The van der Waals surface area contributed by atoms with E-state index in [4.69, 9.17) is 8.83 Å². The SMILES string of the molecule is Cc1cc(O)c(CC(Cc2c(O)cc(C)oc2=O)c2cccnc2)c(=O)o1.Cl. The van der Waals surface area contributed by atoms with Crippen LogP contribution in [0.2, 0.25) is 0 Å². The molecule has 2 N–H and O–H groups in total. The molecule has 0 spiro atoms. The lowest BCUT2D eigenvalue weighted by Crippen LogP contribution is -2.18. The van der Waals surface area contributed by atoms with E-state index in [1.807, 2.05) is 0 Å². The zero-order chi connectivity index (χ0) is 19.6. The molecule has 28 heavy (non-hydrogen) atoms. The first kappa shape index (κ1) is 21.2. The molecule has 0 fully saturated rings. The summed E-state index contributed by atoms with van der Waals surface area (Å²) in [6.45, 7) is 3.14. The van der Waals surface area contributed by atoms with Crippen molar-refractivity contribution < 1.29 is 19.0 Å². The van der Waals surface area contributed by atoms with Gasteiger partial charge < -0.3 is 19.0 Å². The number of aromatic nitrogens is 1. The standard InChI is InChI=1S/C20H19NO6.ClH/c1-11-6-17(22)15(19(24)26-11)8-14(13-4-3-5-21-10-13)9-16-18(23)7-12(2)27-20(16)25;/h3-7,10,14,22-23H,8-9H2,1-2H3;1H. The van der Waals surface area contributed by atoms with Gasteiger partial charge in [0.2, 0.25) is 0 Å². The zero-order valence-corrected chi connectivity index (χ0v) is 16.2. The van der Waals surface area contributed by atoms with E-state index in [9.17, 15) is 19.8 Å². The van der Waals surface area contributed by atoms with Crippen molar-refractivity contribution in [2.75, 3.05) is 0 Å². The van der Waals surface area contributed by atoms with Crippen LogP contribution in [0, 0.1) is 13.8 Å². The molecule has 3 aromatic heterocycles. The number of hydrogen-bond acceptors (Lipinski definition) is 7. The van der Waals surface area contributed by atoms with Crippen LogP contribution >= 0.6 is 12.4 Å². The third-order valence-electron chi connectivity index (χ3n) is 4.36. The number of pyridine rings is 1. The highest BCUT2D eigenvalue weighted by molar-refractivity contribution is 5.85. The lowest BCUT2D eigenvalue weighted by atomic mass is 9.88. The van der Waals surface area contributed by atoms with Gasteiger partial charge in [-0.3, -0.25) is 4.98 Å². The number of hydrogen-bond donors (Lipinski definition) is 2. The lowest BCUT2D eigenvalue weighted by molar-refractivity contribution is 0.410. The second-order valence-corrected chi connectivity index (χ2v) is 6.41. The second kappa shape index (κ2) is 8.75. The fourth-order valence-corrected chi connectivity index (χ4v) is 3.04. The van der Waals surface area contributed by atoms with Crippen molar-refractivity contribution in [1.29, 1.82) is 0 Å². The van der Waals surface area contributed by atoms with Crippen molar-refractivity contribution >= 4 is 12.4 Å². The number of aromatic hydroxyl groups is 2. The summed E-state index contributed by atoms with van der Waals surface area (Å²) < 4.78 is 10.2. The first-order valence-corrected chi connectivity index (χ1v) is 8.40. The second-order valence-electron chi connectivity index (χ2n) is 6.41. The average molecular weight is 406 g/mol. The first-order chi connectivity index (χ1) is 12.8. The van der Waals surface area contributed by atoms with Crippen LogP contribution in [0.4, 0.5) is 0 Å². The van der Waals surface area contributed by atoms with E-state index in [-0.39, 0.29) is 47.9 Å². The van der Waals surface area contributed by atoms with Gasteiger partial charge in [-0.25, -0.2) is 9.59 Å². The molecule has 0 radical (unpaired) electrons. The van der Waals surface area contributed by atoms with Crippen LogP contribution in [-0.2, 0) is 12.8 Å². The Morgan fingerprint density at radius 1 is 0.964 bits per heavy atom. The Bertz CT molecular complexity index is 1010.